The predicted molar refractivity (Wildman–Crippen MR) is 128 cm³/mol. The Morgan fingerprint density at radius 1 is 1.11 bits per heavy atom. The van der Waals surface area contributed by atoms with Crippen molar-refractivity contribution in [1.82, 2.24) is 14.9 Å². The Morgan fingerprint density at radius 2 is 1.80 bits per heavy atom. The topological polar surface area (TPSA) is 138 Å². The lowest BCUT2D eigenvalue weighted by molar-refractivity contribution is -0.125. The number of amides is 1. The van der Waals surface area contributed by atoms with E-state index in [9.17, 15) is 4.79 Å². The lowest BCUT2D eigenvalue weighted by Crippen LogP contribution is -2.30. The largest absolute Gasteiger partial charge is 0.477 e. The molecule has 9 nitrogen and oxygen atoms in total. The van der Waals surface area contributed by atoms with Gasteiger partial charge in [-0.2, -0.15) is 10.5 Å². The highest BCUT2D eigenvalue weighted by molar-refractivity contribution is 5.96. The summed E-state index contributed by atoms with van der Waals surface area (Å²) in [6.07, 6.45) is 2.10. The fourth-order valence-corrected chi connectivity index (χ4v) is 3.77. The van der Waals surface area contributed by atoms with E-state index >= 15 is 0 Å². The van der Waals surface area contributed by atoms with Gasteiger partial charge in [-0.1, -0.05) is 18.7 Å². The van der Waals surface area contributed by atoms with Crippen molar-refractivity contribution in [2.24, 2.45) is 5.92 Å². The van der Waals surface area contributed by atoms with E-state index in [-0.39, 0.29) is 23.2 Å². The first-order chi connectivity index (χ1) is 17.0. The molecule has 1 atom stereocenters. The monoisotopic (exact) mass is 466 g/mol. The average Bonchev–Trinajstić information content (AvgIpc) is 3.37. The van der Waals surface area contributed by atoms with Gasteiger partial charge >= 0.3 is 0 Å². The average molecular weight is 467 g/mol. The lowest BCUT2D eigenvalue weighted by atomic mass is 10.1. The van der Waals surface area contributed by atoms with Crippen molar-refractivity contribution in [3.63, 3.8) is 0 Å². The highest BCUT2D eigenvalue weighted by Crippen LogP contribution is 2.34. The summed E-state index contributed by atoms with van der Waals surface area (Å²) in [5, 5.41) is 17.8. The Bertz CT molecular complexity index is 1320. The third-order valence-corrected chi connectivity index (χ3v) is 5.63. The third kappa shape index (κ3) is 5.37. The number of carbonyl (C=O) groups excluding carboxylic acids is 1. The summed E-state index contributed by atoms with van der Waals surface area (Å²) in [5.41, 5.74) is 7.98. The summed E-state index contributed by atoms with van der Waals surface area (Å²) in [4.78, 5) is 22.1. The number of hydrogen-bond acceptors (Lipinski definition) is 8. The van der Waals surface area contributed by atoms with Crippen molar-refractivity contribution in [2.75, 3.05) is 25.4 Å². The first-order valence-electron chi connectivity index (χ1n) is 10.9. The molecule has 9 heteroatoms. The van der Waals surface area contributed by atoms with Gasteiger partial charge in [0.15, 0.2) is 0 Å². The van der Waals surface area contributed by atoms with Gasteiger partial charge < -0.3 is 20.1 Å². The molecule has 1 amide bonds. The molecule has 0 radical (unpaired) electrons. The summed E-state index contributed by atoms with van der Waals surface area (Å²) in [6, 6.07) is 18.0. The zero-order valence-corrected chi connectivity index (χ0v) is 18.8. The molecule has 2 heterocycles. The summed E-state index contributed by atoms with van der Waals surface area (Å²) >= 11 is 0. The summed E-state index contributed by atoms with van der Waals surface area (Å²) < 4.78 is 11.8. The molecule has 2 N–H and O–H groups in total. The van der Waals surface area contributed by atoms with Gasteiger partial charge in [-0.3, -0.25) is 4.79 Å². The number of anilines is 1. The van der Waals surface area contributed by atoms with Crippen molar-refractivity contribution >= 4 is 11.7 Å². The highest BCUT2D eigenvalue weighted by Gasteiger charge is 2.28. The molecular formula is C26H22N6O3. The van der Waals surface area contributed by atoms with Crippen LogP contribution in [0, 0.1) is 28.6 Å². The molecule has 3 aromatic rings. The third-order valence-electron chi connectivity index (χ3n) is 5.63. The molecule has 1 aromatic heterocycles. The van der Waals surface area contributed by atoms with E-state index in [2.05, 4.69) is 22.6 Å². The van der Waals surface area contributed by atoms with Gasteiger partial charge in [-0.15, -0.1) is 0 Å². The summed E-state index contributed by atoms with van der Waals surface area (Å²) in [7, 11) is 0. The number of nitriles is 2. The molecule has 1 fully saturated rings. The zero-order valence-electron chi connectivity index (χ0n) is 18.8. The molecule has 2 aromatic carbocycles. The molecule has 1 aliphatic heterocycles. The second kappa shape index (κ2) is 10.4. The molecule has 0 unspecified atom stereocenters. The molecule has 0 saturated carbocycles. The maximum absolute atomic E-state index is 12.2. The second-order valence-electron chi connectivity index (χ2n) is 8.01. The number of likely N-dealkylation sites (tertiary alicyclic amines) is 1. The maximum atomic E-state index is 12.2. The van der Waals surface area contributed by atoms with E-state index in [1.54, 1.807) is 47.4 Å². The van der Waals surface area contributed by atoms with Gasteiger partial charge in [-0.25, -0.2) is 9.97 Å². The van der Waals surface area contributed by atoms with Crippen LogP contribution in [0.3, 0.4) is 0 Å². The fourth-order valence-electron chi connectivity index (χ4n) is 3.77. The zero-order chi connectivity index (χ0) is 24.8. The molecule has 1 saturated heterocycles. The van der Waals surface area contributed by atoms with Crippen molar-refractivity contribution in [3.8, 4) is 40.6 Å². The first-order valence-corrected chi connectivity index (χ1v) is 10.9. The molecule has 4 rings (SSSR count). The molecule has 1 aliphatic rings. The quantitative estimate of drug-likeness (QED) is 0.411. The highest BCUT2D eigenvalue weighted by atomic mass is 16.5. The molecule has 0 spiro atoms. The van der Waals surface area contributed by atoms with E-state index < -0.39 is 0 Å². The van der Waals surface area contributed by atoms with Crippen molar-refractivity contribution in [1.29, 1.82) is 10.5 Å². The number of ether oxygens (including phenoxy) is 2. The van der Waals surface area contributed by atoms with Crippen molar-refractivity contribution in [2.45, 2.75) is 6.42 Å². The van der Waals surface area contributed by atoms with Crippen LogP contribution in [0.25, 0.3) is 11.1 Å². The number of aromatic nitrogens is 2. The maximum Gasteiger partial charge on any atom is 0.263 e. The Hall–Kier alpha value is -4.89. The number of nitrogens with zero attached hydrogens (tertiary/aromatic N) is 5. The van der Waals surface area contributed by atoms with Crippen LogP contribution in [-0.4, -0.2) is 40.5 Å². The molecular weight excluding hydrogens is 444 g/mol. The number of benzene rings is 2. The van der Waals surface area contributed by atoms with Crippen molar-refractivity contribution < 1.29 is 14.3 Å². The molecule has 0 bridgehead atoms. The van der Waals surface area contributed by atoms with Gasteiger partial charge in [0.1, 0.15) is 35.3 Å². The number of hydrogen-bond donors (Lipinski definition) is 1. The normalized spacial score (nSPS) is 14.6. The second-order valence-corrected chi connectivity index (χ2v) is 8.01. The number of carbonyl (C=O) groups is 1. The SMILES string of the molecule is C=C(C#N)C(=O)N1CC[C@@H](COc2ncnc(N)c2-c2ccc(Oc3ccc(C#N)cc3)cc2)C1. The van der Waals surface area contributed by atoms with Crippen LogP contribution >= 0.6 is 0 Å². The van der Waals surface area contributed by atoms with Crippen LogP contribution in [0.15, 0.2) is 67.0 Å². The van der Waals surface area contributed by atoms with E-state index in [0.29, 0.717) is 48.2 Å². The minimum Gasteiger partial charge on any atom is -0.477 e. The van der Waals surface area contributed by atoms with Crippen LogP contribution in [0.5, 0.6) is 17.4 Å². The predicted octanol–water partition coefficient (Wildman–Crippen LogP) is 3.70. The smallest absolute Gasteiger partial charge is 0.263 e. The van der Waals surface area contributed by atoms with E-state index in [4.69, 9.17) is 25.7 Å². The van der Waals surface area contributed by atoms with Crippen LogP contribution in [0.1, 0.15) is 12.0 Å². The molecule has 174 valence electrons. The van der Waals surface area contributed by atoms with Gasteiger partial charge in [0.2, 0.25) is 5.88 Å². The number of nitrogen functional groups attached to an aromatic ring is 1. The van der Waals surface area contributed by atoms with Gasteiger partial charge in [-0.05, 0) is 48.4 Å². The lowest BCUT2D eigenvalue weighted by Gasteiger charge is -2.17. The Kier molecular flexibility index (Phi) is 6.89. The van der Waals surface area contributed by atoms with Gasteiger partial charge in [0.25, 0.3) is 5.91 Å². The van der Waals surface area contributed by atoms with Crippen LogP contribution < -0.4 is 15.2 Å². The Morgan fingerprint density at radius 3 is 2.46 bits per heavy atom. The van der Waals surface area contributed by atoms with E-state index in [1.807, 2.05) is 12.1 Å². The summed E-state index contributed by atoms with van der Waals surface area (Å²) in [6.45, 7) is 4.86. The number of nitrogens with two attached hydrogens (primary N) is 1. The molecule has 0 aliphatic carbocycles. The Balaban J connectivity index is 1.44. The van der Waals surface area contributed by atoms with Crippen LogP contribution in [0.2, 0.25) is 0 Å². The van der Waals surface area contributed by atoms with Gasteiger partial charge in [0.05, 0.1) is 23.8 Å². The van der Waals surface area contributed by atoms with Crippen LogP contribution in [-0.2, 0) is 4.79 Å². The standard InChI is InChI=1S/C26H22N6O3/c1-17(12-27)26(33)32-11-10-19(14-32)15-34-25-23(24(29)30-16-31-25)20-4-8-22(9-5-20)35-21-6-2-18(13-28)3-7-21/h2-9,16,19H,1,10-11,14-15H2,(H2,29,30,31)/t19-/m1/s1. The van der Waals surface area contributed by atoms with E-state index in [0.717, 1.165) is 12.0 Å². The van der Waals surface area contributed by atoms with Crippen LogP contribution in [0.4, 0.5) is 5.82 Å². The number of rotatable bonds is 7. The Labute approximate surface area is 202 Å². The molecule has 35 heavy (non-hydrogen) atoms. The minimum atomic E-state index is -0.342. The minimum absolute atomic E-state index is 0.0657. The van der Waals surface area contributed by atoms with E-state index in [1.165, 1.54) is 6.33 Å². The summed E-state index contributed by atoms with van der Waals surface area (Å²) in [5.74, 6) is 1.62. The first kappa shape index (κ1) is 23.3. The van der Waals surface area contributed by atoms with Crippen molar-refractivity contribution in [3.05, 3.63) is 72.6 Å². The van der Waals surface area contributed by atoms with Gasteiger partial charge in [0, 0.05) is 19.0 Å². The fraction of sp³-hybridized carbons (Fsp3) is 0.192.